The summed E-state index contributed by atoms with van der Waals surface area (Å²) < 4.78 is 4.31. The van der Waals surface area contributed by atoms with Gasteiger partial charge in [0.2, 0.25) is 0 Å². The quantitative estimate of drug-likeness (QED) is 0.471. The summed E-state index contributed by atoms with van der Waals surface area (Å²) in [6, 6.07) is 1.58. The summed E-state index contributed by atoms with van der Waals surface area (Å²) in [5.74, 6) is -0.689. The van der Waals surface area contributed by atoms with Crippen molar-refractivity contribution in [1.29, 1.82) is 5.26 Å². The molecule has 0 aromatic rings. The molecule has 0 aromatic heterocycles. The van der Waals surface area contributed by atoms with Gasteiger partial charge in [0.25, 0.3) is 5.91 Å². The van der Waals surface area contributed by atoms with Gasteiger partial charge in [0, 0.05) is 0 Å². The molecule has 6 heteroatoms. The molecule has 6 nitrogen and oxygen atoms in total. The van der Waals surface area contributed by atoms with E-state index in [1.54, 1.807) is 18.5 Å². The van der Waals surface area contributed by atoms with Crippen LogP contribution in [0.5, 0.6) is 0 Å². The number of hydrogen-bond acceptors (Lipinski definition) is 5. The number of nitrogens with one attached hydrogen (secondary N) is 1. The molecule has 0 aliphatic carbocycles. The van der Waals surface area contributed by atoms with Crippen LogP contribution in [-0.2, 0) is 14.4 Å². The monoisotopic (exact) mass is 172 g/mol. The Kier molecular flexibility index (Phi) is 5.09. The van der Waals surface area contributed by atoms with Gasteiger partial charge in [0.1, 0.15) is 6.42 Å². The number of rotatable bonds is 2. The van der Waals surface area contributed by atoms with Gasteiger partial charge in [0.15, 0.2) is 0 Å². The third kappa shape index (κ3) is 5.05. The second kappa shape index (κ2) is 5.97. The molecule has 0 heterocycles. The van der Waals surface area contributed by atoms with Crippen LogP contribution in [0.15, 0.2) is 0 Å². The number of hydroxylamine groups is 1. The van der Waals surface area contributed by atoms with Crippen LogP contribution in [0.4, 0.5) is 4.79 Å². The summed E-state index contributed by atoms with van der Waals surface area (Å²) in [6.07, 6.45) is -1.36. The molecule has 0 aromatic carbocycles. The fourth-order valence-electron chi connectivity index (χ4n) is 0.354. The zero-order chi connectivity index (χ0) is 9.40. The smallest absolute Gasteiger partial charge is 0.433 e. The second-order valence-corrected chi connectivity index (χ2v) is 1.65. The Hall–Kier alpha value is -1.77. The first-order valence-corrected chi connectivity index (χ1v) is 3.20. The molecule has 0 fully saturated rings. The van der Waals surface area contributed by atoms with Crippen molar-refractivity contribution in [3.05, 3.63) is 0 Å². The molecule has 0 rings (SSSR count). The van der Waals surface area contributed by atoms with E-state index in [-0.39, 0.29) is 13.0 Å². The molecule has 0 radical (unpaired) electrons. The minimum atomic E-state index is -0.996. The molecule has 1 amide bonds. The lowest BCUT2D eigenvalue weighted by molar-refractivity contribution is -0.130. The van der Waals surface area contributed by atoms with E-state index < -0.39 is 12.1 Å². The zero-order valence-electron chi connectivity index (χ0n) is 6.49. The minimum absolute atomic E-state index is 0.160. The average Bonchev–Trinajstić information content (AvgIpc) is 2.02. The van der Waals surface area contributed by atoms with Crippen LogP contribution in [-0.4, -0.2) is 18.7 Å². The third-order valence-corrected chi connectivity index (χ3v) is 0.750. The molecule has 1 N–H and O–H groups in total. The molecule has 0 bridgehead atoms. The first-order valence-electron chi connectivity index (χ1n) is 3.20. The van der Waals surface area contributed by atoms with Crippen molar-refractivity contribution in [2.75, 3.05) is 6.61 Å². The summed E-state index contributed by atoms with van der Waals surface area (Å²) in [4.78, 5) is 25.0. The van der Waals surface area contributed by atoms with Gasteiger partial charge in [-0.25, -0.2) is 4.79 Å². The minimum Gasteiger partial charge on any atom is -0.433 e. The molecule has 12 heavy (non-hydrogen) atoms. The molecule has 0 spiro atoms. The van der Waals surface area contributed by atoms with E-state index in [1.165, 1.54) is 0 Å². The van der Waals surface area contributed by atoms with Crippen LogP contribution in [0.2, 0.25) is 0 Å². The lowest BCUT2D eigenvalue weighted by atomic mass is 10.5. The van der Waals surface area contributed by atoms with E-state index in [0.29, 0.717) is 0 Å². The molecule has 0 aliphatic heterocycles. The Balaban J connectivity index is 3.48. The number of carbonyl (C=O) groups excluding carboxylic acids is 2. The van der Waals surface area contributed by atoms with Crippen molar-refractivity contribution in [3.8, 4) is 6.07 Å². The first-order chi connectivity index (χ1) is 5.70. The standard InChI is InChI=1S/C6H8N2O4/c1-2-11-6(10)12-8-5(9)3-4-7/h2-3H2,1H3,(H,8,9). The van der Waals surface area contributed by atoms with Gasteiger partial charge in [0.05, 0.1) is 12.7 Å². The highest BCUT2D eigenvalue weighted by atomic mass is 16.8. The number of nitriles is 1. The predicted molar refractivity (Wildman–Crippen MR) is 36.5 cm³/mol. The molecule has 0 atom stereocenters. The molecular weight excluding hydrogens is 164 g/mol. The van der Waals surface area contributed by atoms with Crippen LogP contribution >= 0.6 is 0 Å². The Labute approximate surface area is 69.0 Å². The van der Waals surface area contributed by atoms with E-state index in [0.717, 1.165) is 0 Å². The fraction of sp³-hybridized carbons (Fsp3) is 0.500. The van der Waals surface area contributed by atoms with Crippen molar-refractivity contribution >= 4 is 12.1 Å². The van der Waals surface area contributed by atoms with Gasteiger partial charge >= 0.3 is 6.16 Å². The number of carbonyl (C=O) groups is 2. The first kappa shape index (κ1) is 10.2. The van der Waals surface area contributed by atoms with Crippen LogP contribution in [0.25, 0.3) is 0 Å². The van der Waals surface area contributed by atoms with Crippen molar-refractivity contribution in [1.82, 2.24) is 5.48 Å². The highest BCUT2D eigenvalue weighted by Gasteiger charge is 2.05. The molecule has 66 valence electrons. The van der Waals surface area contributed by atoms with E-state index in [2.05, 4.69) is 9.57 Å². The molecule has 0 unspecified atom stereocenters. The zero-order valence-corrected chi connectivity index (χ0v) is 6.49. The lowest BCUT2D eigenvalue weighted by Crippen LogP contribution is -2.26. The number of amides is 1. The van der Waals surface area contributed by atoms with E-state index >= 15 is 0 Å². The SMILES string of the molecule is CCOC(=O)ONC(=O)CC#N. The van der Waals surface area contributed by atoms with Crippen LogP contribution < -0.4 is 5.48 Å². The highest BCUT2D eigenvalue weighted by molar-refractivity contribution is 5.78. The van der Waals surface area contributed by atoms with Gasteiger partial charge in [-0.3, -0.25) is 4.79 Å². The summed E-state index contributed by atoms with van der Waals surface area (Å²) >= 11 is 0. The fourth-order valence-corrected chi connectivity index (χ4v) is 0.354. The van der Waals surface area contributed by atoms with Crippen LogP contribution in [0.3, 0.4) is 0 Å². The number of hydrogen-bond donors (Lipinski definition) is 1. The van der Waals surface area contributed by atoms with Crippen molar-refractivity contribution in [2.24, 2.45) is 0 Å². The van der Waals surface area contributed by atoms with Gasteiger partial charge in [-0.15, -0.1) is 0 Å². The molecule has 0 saturated carbocycles. The summed E-state index contributed by atoms with van der Waals surface area (Å²) in [6.45, 7) is 1.76. The van der Waals surface area contributed by atoms with E-state index in [1.807, 2.05) is 0 Å². The summed E-state index contributed by atoms with van der Waals surface area (Å²) in [5.41, 5.74) is 1.73. The Morgan fingerprint density at radius 2 is 2.25 bits per heavy atom. The van der Waals surface area contributed by atoms with Crippen LogP contribution in [0.1, 0.15) is 13.3 Å². The summed E-state index contributed by atoms with van der Waals surface area (Å²) in [7, 11) is 0. The van der Waals surface area contributed by atoms with Gasteiger partial charge < -0.3 is 9.57 Å². The van der Waals surface area contributed by atoms with E-state index in [9.17, 15) is 9.59 Å². The maximum atomic E-state index is 10.5. The highest BCUT2D eigenvalue weighted by Crippen LogP contribution is 1.82. The molecule has 0 saturated heterocycles. The molecule has 0 aliphatic rings. The lowest BCUT2D eigenvalue weighted by Gasteiger charge is -2.02. The topological polar surface area (TPSA) is 88.4 Å². The van der Waals surface area contributed by atoms with Crippen molar-refractivity contribution in [2.45, 2.75) is 13.3 Å². The van der Waals surface area contributed by atoms with Gasteiger partial charge in [-0.2, -0.15) is 10.7 Å². The van der Waals surface area contributed by atoms with Crippen molar-refractivity contribution < 1.29 is 19.2 Å². The predicted octanol–water partition coefficient (Wildman–Crippen LogP) is 0.104. The number of ether oxygens (including phenoxy) is 1. The average molecular weight is 172 g/mol. The van der Waals surface area contributed by atoms with Crippen LogP contribution in [0, 0.1) is 11.3 Å². The maximum Gasteiger partial charge on any atom is 0.533 e. The summed E-state index contributed by atoms with van der Waals surface area (Å²) in [5, 5.41) is 8.02. The number of nitrogens with zero attached hydrogens (tertiary/aromatic N) is 1. The Morgan fingerprint density at radius 1 is 1.58 bits per heavy atom. The maximum absolute atomic E-state index is 10.5. The Morgan fingerprint density at radius 3 is 2.75 bits per heavy atom. The van der Waals surface area contributed by atoms with Crippen molar-refractivity contribution in [3.63, 3.8) is 0 Å². The van der Waals surface area contributed by atoms with E-state index in [4.69, 9.17) is 5.26 Å². The van der Waals surface area contributed by atoms with Gasteiger partial charge in [-0.05, 0) is 6.92 Å². The largest absolute Gasteiger partial charge is 0.533 e. The Bertz CT molecular complexity index is 208. The molecular formula is C6H8N2O4. The third-order valence-electron chi connectivity index (χ3n) is 0.750. The van der Waals surface area contributed by atoms with Gasteiger partial charge in [-0.1, -0.05) is 0 Å². The second-order valence-electron chi connectivity index (χ2n) is 1.65. The normalized spacial score (nSPS) is 8.00.